The van der Waals surface area contributed by atoms with Crippen molar-refractivity contribution in [2.24, 2.45) is 0 Å². The first kappa shape index (κ1) is 13.6. The van der Waals surface area contributed by atoms with Gasteiger partial charge in [-0.3, -0.25) is 0 Å². The lowest BCUT2D eigenvalue weighted by molar-refractivity contribution is 0.174. The average molecular weight is 239 g/mol. The summed E-state index contributed by atoms with van der Waals surface area (Å²) in [6.45, 7) is 4.02. The highest BCUT2D eigenvalue weighted by Gasteiger charge is 2.07. The van der Waals surface area contributed by atoms with Gasteiger partial charge in [-0.25, -0.2) is 0 Å². The van der Waals surface area contributed by atoms with E-state index in [1.165, 1.54) is 4.90 Å². The van der Waals surface area contributed by atoms with E-state index in [2.05, 4.69) is 36.5 Å². The maximum absolute atomic E-state index is 5.21. The second kappa shape index (κ2) is 8.62. The van der Waals surface area contributed by atoms with Gasteiger partial charge in [0.2, 0.25) is 0 Å². The number of ether oxygens (including phenoxy) is 1. The van der Waals surface area contributed by atoms with Crippen LogP contribution in [0.2, 0.25) is 0 Å². The van der Waals surface area contributed by atoms with Gasteiger partial charge in [0.25, 0.3) is 0 Å². The molecule has 1 unspecified atom stereocenters. The molecule has 0 heterocycles. The molecular formula is C13H21NOS. The Morgan fingerprint density at radius 1 is 1.31 bits per heavy atom. The van der Waals surface area contributed by atoms with Crippen molar-refractivity contribution >= 4 is 11.8 Å². The Morgan fingerprint density at radius 3 is 2.69 bits per heavy atom. The van der Waals surface area contributed by atoms with Crippen molar-refractivity contribution in [1.82, 2.24) is 5.32 Å². The molecule has 0 aliphatic heterocycles. The molecular weight excluding hydrogens is 218 g/mol. The molecule has 0 bridgehead atoms. The van der Waals surface area contributed by atoms with Gasteiger partial charge in [-0.05, 0) is 25.1 Å². The molecule has 0 radical (unpaired) electrons. The summed E-state index contributed by atoms with van der Waals surface area (Å²) >= 11 is 1.88. The summed E-state index contributed by atoms with van der Waals surface area (Å²) in [5.74, 6) is 1.05. The first-order chi connectivity index (χ1) is 7.86. The Labute approximate surface area is 103 Å². The Balaban J connectivity index is 2.31. The van der Waals surface area contributed by atoms with Gasteiger partial charge >= 0.3 is 0 Å². The maximum Gasteiger partial charge on any atom is 0.0624 e. The van der Waals surface area contributed by atoms with E-state index < -0.39 is 0 Å². The minimum atomic E-state index is 0.440. The van der Waals surface area contributed by atoms with E-state index in [4.69, 9.17) is 4.74 Å². The molecule has 16 heavy (non-hydrogen) atoms. The molecule has 0 saturated heterocycles. The summed E-state index contributed by atoms with van der Waals surface area (Å²) in [5, 5.41) is 3.49. The predicted octanol–water partition coefficient (Wildman–Crippen LogP) is 2.79. The van der Waals surface area contributed by atoms with Crippen molar-refractivity contribution in [2.75, 3.05) is 26.0 Å². The molecule has 0 spiro atoms. The van der Waals surface area contributed by atoms with Crippen molar-refractivity contribution in [3.8, 4) is 0 Å². The standard InChI is InChI=1S/C13H21NOS/c1-3-9-14-12(10-15-2)11-16-13-7-5-4-6-8-13/h4-8,12,14H,3,9-11H2,1-2H3. The Kier molecular flexibility index (Phi) is 7.30. The van der Waals surface area contributed by atoms with Gasteiger partial charge in [0.05, 0.1) is 6.61 Å². The molecule has 0 aliphatic rings. The fraction of sp³-hybridized carbons (Fsp3) is 0.538. The Hall–Kier alpha value is -0.510. The Bertz CT molecular complexity index is 266. The van der Waals surface area contributed by atoms with Crippen LogP contribution in [0.4, 0.5) is 0 Å². The zero-order chi connectivity index (χ0) is 11.6. The maximum atomic E-state index is 5.21. The molecule has 1 aromatic carbocycles. The summed E-state index contributed by atoms with van der Waals surface area (Å²) < 4.78 is 5.21. The summed E-state index contributed by atoms with van der Waals surface area (Å²) in [5.41, 5.74) is 0. The number of hydrogen-bond donors (Lipinski definition) is 1. The third-order valence-electron chi connectivity index (χ3n) is 2.25. The molecule has 1 aromatic rings. The number of rotatable bonds is 8. The van der Waals surface area contributed by atoms with Gasteiger partial charge in [-0.1, -0.05) is 25.1 Å². The molecule has 3 heteroatoms. The summed E-state index contributed by atoms with van der Waals surface area (Å²) in [4.78, 5) is 1.32. The van der Waals surface area contributed by atoms with Crippen LogP contribution in [0.15, 0.2) is 35.2 Å². The fourth-order valence-corrected chi connectivity index (χ4v) is 2.39. The molecule has 0 fully saturated rings. The predicted molar refractivity (Wildman–Crippen MR) is 71.1 cm³/mol. The first-order valence-corrected chi connectivity index (χ1v) is 6.75. The van der Waals surface area contributed by atoms with E-state index in [1.807, 2.05) is 17.8 Å². The van der Waals surface area contributed by atoms with E-state index in [0.29, 0.717) is 6.04 Å². The fourth-order valence-electron chi connectivity index (χ4n) is 1.43. The first-order valence-electron chi connectivity index (χ1n) is 5.77. The van der Waals surface area contributed by atoms with Gasteiger partial charge in [0.1, 0.15) is 0 Å². The number of thioether (sulfide) groups is 1. The average Bonchev–Trinajstić information content (AvgIpc) is 2.34. The lowest BCUT2D eigenvalue weighted by atomic mass is 10.3. The number of hydrogen-bond acceptors (Lipinski definition) is 3. The van der Waals surface area contributed by atoms with E-state index in [0.717, 1.165) is 25.3 Å². The van der Waals surface area contributed by atoms with Crippen LogP contribution < -0.4 is 5.32 Å². The number of methoxy groups -OCH3 is 1. The number of nitrogens with one attached hydrogen (secondary N) is 1. The molecule has 1 N–H and O–H groups in total. The highest BCUT2D eigenvalue weighted by Crippen LogP contribution is 2.17. The van der Waals surface area contributed by atoms with Gasteiger partial charge in [-0.15, -0.1) is 11.8 Å². The van der Waals surface area contributed by atoms with Crippen LogP contribution in [0.5, 0.6) is 0 Å². The lowest BCUT2D eigenvalue weighted by Gasteiger charge is -2.17. The van der Waals surface area contributed by atoms with E-state index in [1.54, 1.807) is 7.11 Å². The third kappa shape index (κ3) is 5.54. The molecule has 2 nitrogen and oxygen atoms in total. The van der Waals surface area contributed by atoms with Crippen molar-refractivity contribution in [3.63, 3.8) is 0 Å². The van der Waals surface area contributed by atoms with Gasteiger partial charge in [0.15, 0.2) is 0 Å². The monoisotopic (exact) mass is 239 g/mol. The van der Waals surface area contributed by atoms with Crippen LogP contribution in [-0.2, 0) is 4.74 Å². The molecule has 0 aromatic heterocycles. The van der Waals surface area contributed by atoms with Crippen molar-refractivity contribution in [3.05, 3.63) is 30.3 Å². The number of benzene rings is 1. The minimum Gasteiger partial charge on any atom is -0.383 e. The van der Waals surface area contributed by atoms with Crippen LogP contribution in [0.1, 0.15) is 13.3 Å². The normalized spacial score (nSPS) is 12.6. The smallest absolute Gasteiger partial charge is 0.0624 e. The molecule has 0 aliphatic carbocycles. The van der Waals surface area contributed by atoms with E-state index in [-0.39, 0.29) is 0 Å². The molecule has 1 atom stereocenters. The largest absolute Gasteiger partial charge is 0.383 e. The van der Waals surface area contributed by atoms with Crippen LogP contribution in [0.25, 0.3) is 0 Å². The highest BCUT2D eigenvalue weighted by atomic mass is 32.2. The second-order valence-corrected chi connectivity index (χ2v) is 4.82. The van der Waals surface area contributed by atoms with Crippen LogP contribution in [0, 0.1) is 0 Å². The van der Waals surface area contributed by atoms with Crippen LogP contribution >= 0.6 is 11.8 Å². The zero-order valence-corrected chi connectivity index (χ0v) is 10.9. The van der Waals surface area contributed by atoms with Crippen molar-refractivity contribution in [1.29, 1.82) is 0 Å². The summed E-state index contributed by atoms with van der Waals surface area (Å²) in [6, 6.07) is 10.9. The topological polar surface area (TPSA) is 21.3 Å². The summed E-state index contributed by atoms with van der Waals surface area (Å²) in [7, 11) is 1.76. The second-order valence-electron chi connectivity index (χ2n) is 3.73. The van der Waals surface area contributed by atoms with Gasteiger partial charge in [0, 0.05) is 23.8 Å². The summed E-state index contributed by atoms with van der Waals surface area (Å²) in [6.07, 6.45) is 1.16. The minimum absolute atomic E-state index is 0.440. The van der Waals surface area contributed by atoms with E-state index >= 15 is 0 Å². The SMILES string of the molecule is CCCNC(COC)CSc1ccccc1. The van der Waals surface area contributed by atoms with Gasteiger partial charge < -0.3 is 10.1 Å². The quantitative estimate of drug-likeness (QED) is 0.705. The van der Waals surface area contributed by atoms with Crippen molar-refractivity contribution < 1.29 is 4.74 Å². The van der Waals surface area contributed by atoms with Crippen LogP contribution in [-0.4, -0.2) is 32.1 Å². The molecule has 1 rings (SSSR count). The van der Waals surface area contributed by atoms with E-state index in [9.17, 15) is 0 Å². The third-order valence-corrected chi connectivity index (χ3v) is 3.42. The Morgan fingerprint density at radius 2 is 2.06 bits per heavy atom. The molecule has 0 saturated carbocycles. The van der Waals surface area contributed by atoms with Crippen molar-refractivity contribution in [2.45, 2.75) is 24.3 Å². The van der Waals surface area contributed by atoms with Gasteiger partial charge in [-0.2, -0.15) is 0 Å². The van der Waals surface area contributed by atoms with Crippen LogP contribution in [0.3, 0.4) is 0 Å². The lowest BCUT2D eigenvalue weighted by Crippen LogP contribution is -2.35. The molecule has 90 valence electrons. The molecule has 0 amide bonds. The highest BCUT2D eigenvalue weighted by molar-refractivity contribution is 7.99. The zero-order valence-electron chi connectivity index (χ0n) is 10.1.